The summed E-state index contributed by atoms with van der Waals surface area (Å²) in [4.78, 5) is 15.7. The van der Waals surface area contributed by atoms with Crippen molar-refractivity contribution in [3.05, 3.63) is 89.1 Å². The van der Waals surface area contributed by atoms with E-state index in [4.69, 9.17) is 18.9 Å². The van der Waals surface area contributed by atoms with Crippen molar-refractivity contribution in [3.63, 3.8) is 0 Å². The molecular formula is C31H31N3O5. The van der Waals surface area contributed by atoms with Crippen LogP contribution in [0.4, 0.5) is 0 Å². The van der Waals surface area contributed by atoms with Gasteiger partial charge < -0.3 is 23.8 Å². The van der Waals surface area contributed by atoms with Crippen molar-refractivity contribution in [3.8, 4) is 34.3 Å². The number of fused-ring (bicyclic) bond motifs is 2. The summed E-state index contributed by atoms with van der Waals surface area (Å²) in [5.74, 6) is 2.90. The van der Waals surface area contributed by atoms with E-state index in [-0.39, 0.29) is 18.7 Å². The Bertz CT molecular complexity index is 1460. The zero-order valence-electron chi connectivity index (χ0n) is 22.1. The first-order valence-corrected chi connectivity index (χ1v) is 13.3. The molecule has 3 heterocycles. The minimum atomic E-state index is -0.331. The van der Waals surface area contributed by atoms with E-state index in [9.17, 15) is 4.79 Å². The second kappa shape index (κ2) is 10.7. The summed E-state index contributed by atoms with van der Waals surface area (Å²) in [7, 11) is 1.64. The number of benzene rings is 3. The third kappa shape index (κ3) is 4.78. The third-order valence-corrected chi connectivity index (χ3v) is 7.23. The number of H-pyrrole nitrogens is 1. The Morgan fingerprint density at radius 3 is 2.51 bits per heavy atom. The van der Waals surface area contributed by atoms with E-state index in [2.05, 4.69) is 17.1 Å². The number of carbonyl (C=O) groups is 1. The average molecular weight is 526 g/mol. The molecule has 39 heavy (non-hydrogen) atoms. The third-order valence-electron chi connectivity index (χ3n) is 7.23. The van der Waals surface area contributed by atoms with Gasteiger partial charge in [-0.05, 0) is 66.1 Å². The fourth-order valence-corrected chi connectivity index (χ4v) is 5.20. The van der Waals surface area contributed by atoms with Crippen LogP contribution in [0.3, 0.4) is 0 Å². The van der Waals surface area contributed by atoms with Crippen LogP contribution < -0.4 is 18.9 Å². The zero-order chi connectivity index (χ0) is 26.8. The molecule has 4 aromatic rings. The molecule has 200 valence electrons. The van der Waals surface area contributed by atoms with Crippen LogP contribution >= 0.6 is 0 Å². The number of unbranched alkanes of at least 4 members (excludes halogenated alkanes) is 2. The molecule has 0 saturated carbocycles. The summed E-state index contributed by atoms with van der Waals surface area (Å²) in [5, 5.41) is 7.61. The standard InChI is InChI=1S/C31H31N3O5/c1-3-4-5-16-37-24-13-9-22(10-14-24)30-27-28(21-7-11-23(36-2)12-8-21)32-33-29(27)31(35)34(30)18-20-6-15-25-26(17-20)39-19-38-25/h6-15,17,30H,3-5,16,18-19H2,1-2H3,(H,32,33). The van der Waals surface area contributed by atoms with Crippen LogP contribution in [0.15, 0.2) is 66.7 Å². The van der Waals surface area contributed by atoms with Gasteiger partial charge in [0.2, 0.25) is 6.79 Å². The predicted molar refractivity (Wildman–Crippen MR) is 146 cm³/mol. The van der Waals surface area contributed by atoms with Gasteiger partial charge in [0.05, 0.1) is 25.5 Å². The topological polar surface area (TPSA) is 85.9 Å². The molecule has 0 bridgehead atoms. The van der Waals surface area contributed by atoms with E-state index in [0.29, 0.717) is 30.3 Å². The van der Waals surface area contributed by atoms with E-state index in [1.165, 1.54) is 0 Å². The number of aromatic nitrogens is 2. The summed E-state index contributed by atoms with van der Waals surface area (Å²) in [6.07, 6.45) is 3.33. The van der Waals surface area contributed by atoms with E-state index >= 15 is 0 Å². The van der Waals surface area contributed by atoms with E-state index in [1.54, 1.807) is 7.11 Å². The first-order chi connectivity index (χ1) is 19.2. The summed E-state index contributed by atoms with van der Waals surface area (Å²) in [6.45, 7) is 3.48. The minimum Gasteiger partial charge on any atom is -0.497 e. The number of hydrogen-bond acceptors (Lipinski definition) is 6. The second-order valence-electron chi connectivity index (χ2n) is 9.74. The van der Waals surface area contributed by atoms with Crippen LogP contribution in [0.2, 0.25) is 0 Å². The number of nitrogens with one attached hydrogen (secondary N) is 1. The molecule has 0 fully saturated rings. The molecule has 8 nitrogen and oxygen atoms in total. The maximum Gasteiger partial charge on any atom is 0.273 e. The first kappa shape index (κ1) is 24.9. The predicted octanol–water partition coefficient (Wildman–Crippen LogP) is 6.13. The molecule has 8 heteroatoms. The van der Waals surface area contributed by atoms with Crippen LogP contribution in [-0.4, -0.2) is 41.5 Å². The maximum atomic E-state index is 13.8. The number of methoxy groups -OCH3 is 1. The summed E-state index contributed by atoms with van der Waals surface area (Å²) >= 11 is 0. The fraction of sp³-hybridized carbons (Fsp3) is 0.290. The van der Waals surface area contributed by atoms with Crippen LogP contribution in [0.25, 0.3) is 11.3 Å². The van der Waals surface area contributed by atoms with E-state index < -0.39 is 0 Å². The molecule has 1 amide bonds. The Hall–Kier alpha value is -4.46. The number of aromatic amines is 1. The Kier molecular flexibility index (Phi) is 6.84. The van der Waals surface area contributed by atoms with Gasteiger partial charge in [-0.2, -0.15) is 5.10 Å². The van der Waals surface area contributed by atoms with Gasteiger partial charge >= 0.3 is 0 Å². The molecule has 0 aliphatic carbocycles. The van der Waals surface area contributed by atoms with Crippen LogP contribution in [0, 0.1) is 0 Å². The van der Waals surface area contributed by atoms with Crippen molar-refractivity contribution in [1.29, 1.82) is 0 Å². The van der Waals surface area contributed by atoms with Crippen LogP contribution in [-0.2, 0) is 6.54 Å². The van der Waals surface area contributed by atoms with Gasteiger partial charge in [0.1, 0.15) is 17.2 Å². The summed E-state index contributed by atoms with van der Waals surface area (Å²) < 4.78 is 22.3. The number of amides is 1. The van der Waals surface area contributed by atoms with Gasteiger partial charge in [0.25, 0.3) is 5.91 Å². The lowest BCUT2D eigenvalue weighted by atomic mass is 9.95. The van der Waals surface area contributed by atoms with E-state index in [1.807, 2.05) is 71.6 Å². The van der Waals surface area contributed by atoms with Gasteiger partial charge in [-0.25, -0.2) is 0 Å². The Labute approximate surface area is 227 Å². The van der Waals surface area contributed by atoms with Gasteiger partial charge in [-0.3, -0.25) is 9.89 Å². The highest BCUT2D eigenvalue weighted by Crippen LogP contribution is 2.44. The quantitative estimate of drug-likeness (QED) is 0.251. The normalized spacial score (nSPS) is 15.5. The minimum absolute atomic E-state index is 0.0974. The highest BCUT2D eigenvalue weighted by Gasteiger charge is 2.42. The average Bonchev–Trinajstić information content (AvgIpc) is 3.68. The lowest BCUT2D eigenvalue weighted by Crippen LogP contribution is -2.29. The molecule has 0 saturated heterocycles. The summed E-state index contributed by atoms with van der Waals surface area (Å²) in [6, 6.07) is 21.2. The molecule has 1 atom stereocenters. The SMILES string of the molecule is CCCCCOc1ccc(C2c3c(-c4ccc(OC)cc4)n[nH]c3C(=O)N2Cc2ccc3c(c2)OCO3)cc1. The molecule has 0 spiro atoms. The molecule has 0 radical (unpaired) electrons. The largest absolute Gasteiger partial charge is 0.497 e. The molecule has 1 N–H and O–H groups in total. The monoisotopic (exact) mass is 525 g/mol. The Balaban J connectivity index is 1.36. The highest BCUT2D eigenvalue weighted by molar-refractivity contribution is 6.00. The molecule has 1 unspecified atom stereocenters. The number of hydrogen-bond donors (Lipinski definition) is 1. The second-order valence-corrected chi connectivity index (χ2v) is 9.74. The first-order valence-electron chi connectivity index (χ1n) is 13.3. The van der Waals surface area contributed by atoms with Crippen molar-refractivity contribution in [2.24, 2.45) is 0 Å². The lowest BCUT2D eigenvalue weighted by Gasteiger charge is -2.27. The number of ether oxygens (including phenoxy) is 4. The zero-order valence-corrected chi connectivity index (χ0v) is 22.1. The van der Waals surface area contributed by atoms with Crippen molar-refractivity contribution in [2.45, 2.75) is 38.8 Å². The Morgan fingerprint density at radius 1 is 0.974 bits per heavy atom. The lowest BCUT2D eigenvalue weighted by molar-refractivity contribution is 0.0730. The number of nitrogens with zero attached hydrogens (tertiary/aromatic N) is 2. The van der Waals surface area contributed by atoms with Crippen LogP contribution in [0.1, 0.15) is 59.4 Å². The number of rotatable bonds is 10. The van der Waals surface area contributed by atoms with Gasteiger partial charge in [-0.15, -0.1) is 0 Å². The van der Waals surface area contributed by atoms with Gasteiger partial charge in [0.15, 0.2) is 11.5 Å². The number of carbonyl (C=O) groups excluding carboxylic acids is 1. The van der Waals surface area contributed by atoms with Crippen molar-refractivity contribution < 1.29 is 23.7 Å². The molecule has 1 aromatic heterocycles. The van der Waals surface area contributed by atoms with Gasteiger partial charge in [0, 0.05) is 17.7 Å². The smallest absolute Gasteiger partial charge is 0.273 e. The summed E-state index contributed by atoms with van der Waals surface area (Å²) in [5.41, 5.74) is 4.97. The van der Waals surface area contributed by atoms with Gasteiger partial charge in [-0.1, -0.05) is 38.0 Å². The molecule has 2 aliphatic heterocycles. The van der Waals surface area contributed by atoms with Crippen molar-refractivity contribution in [1.82, 2.24) is 15.1 Å². The fourth-order valence-electron chi connectivity index (χ4n) is 5.20. The van der Waals surface area contributed by atoms with Crippen molar-refractivity contribution in [2.75, 3.05) is 20.5 Å². The molecule has 2 aliphatic rings. The van der Waals surface area contributed by atoms with Crippen molar-refractivity contribution >= 4 is 5.91 Å². The highest BCUT2D eigenvalue weighted by atomic mass is 16.7. The maximum absolute atomic E-state index is 13.8. The van der Waals surface area contributed by atoms with E-state index in [0.717, 1.165) is 58.7 Å². The molecule has 3 aromatic carbocycles. The molecule has 6 rings (SSSR count). The molecular weight excluding hydrogens is 494 g/mol. The van der Waals surface area contributed by atoms with Crippen LogP contribution in [0.5, 0.6) is 23.0 Å². The Morgan fingerprint density at radius 2 is 1.74 bits per heavy atom.